The molecule has 0 aliphatic rings. The molecule has 0 aromatic rings. The van der Waals surface area contributed by atoms with Crippen molar-refractivity contribution in [1.29, 1.82) is 0 Å². The summed E-state index contributed by atoms with van der Waals surface area (Å²) in [6.45, 7) is 9.30. The van der Waals surface area contributed by atoms with Crippen molar-refractivity contribution >= 4 is 0 Å². The van der Waals surface area contributed by atoms with Crippen LogP contribution in [0.5, 0.6) is 0 Å². The summed E-state index contributed by atoms with van der Waals surface area (Å²) < 4.78 is 0. The van der Waals surface area contributed by atoms with Gasteiger partial charge in [-0.05, 0) is 27.2 Å². The number of hydroxylamine groups is 2. The molecule has 0 aliphatic carbocycles. The Hall–Kier alpha value is -0.0800. The number of hydrogen-bond acceptors (Lipinski definition) is 2. The van der Waals surface area contributed by atoms with E-state index in [-0.39, 0.29) is 5.60 Å². The van der Waals surface area contributed by atoms with E-state index in [0.717, 1.165) is 13.0 Å². The Bertz CT molecular complexity index is 85.7. The number of nitrogens with zero attached hydrogens (tertiary/aromatic N) is 1. The molecule has 0 bridgehead atoms. The first-order valence-electron chi connectivity index (χ1n) is 3.86. The summed E-state index contributed by atoms with van der Waals surface area (Å²) in [5, 5.41) is 1.89. The second-order valence-corrected chi connectivity index (χ2v) is 3.56. The molecule has 0 aromatic carbocycles. The maximum Gasteiger partial charge on any atom is 0.0815 e. The highest BCUT2D eigenvalue weighted by Gasteiger charge is 2.12. The van der Waals surface area contributed by atoms with Crippen LogP contribution >= 0.6 is 0 Å². The summed E-state index contributed by atoms with van der Waals surface area (Å²) in [5.74, 6) is 0. The minimum Gasteiger partial charge on any atom is -0.294 e. The Morgan fingerprint density at radius 3 is 2.10 bits per heavy atom. The van der Waals surface area contributed by atoms with Crippen molar-refractivity contribution in [2.24, 2.45) is 0 Å². The van der Waals surface area contributed by atoms with Crippen LogP contribution in [0.3, 0.4) is 0 Å². The first-order valence-corrected chi connectivity index (χ1v) is 3.86. The highest BCUT2D eigenvalue weighted by atomic mass is 16.7. The summed E-state index contributed by atoms with van der Waals surface area (Å²) in [4.78, 5) is 5.51. The molecule has 62 valence electrons. The third kappa shape index (κ3) is 6.05. The van der Waals surface area contributed by atoms with Gasteiger partial charge in [0.05, 0.1) is 5.60 Å². The smallest absolute Gasteiger partial charge is 0.0815 e. The summed E-state index contributed by atoms with van der Waals surface area (Å²) in [7, 11) is 1.97. The van der Waals surface area contributed by atoms with Gasteiger partial charge in [0, 0.05) is 13.6 Å². The molecule has 0 atom stereocenters. The molecule has 0 fully saturated rings. The molecule has 0 spiro atoms. The van der Waals surface area contributed by atoms with Gasteiger partial charge < -0.3 is 0 Å². The predicted molar refractivity (Wildman–Crippen MR) is 43.8 cm³/mol. The largest absolute Gasteiger partial charge is 0.294 e. The molecule has 0 rings (SSSR count). The van der Waals surface area contributed by atoms with Crippen LogP contribution < -0.4 is 0 Å². The lowest BCUT2D eigenvalue weighted by molar-refractivity contribution is -0.213. The van der Waals surface area contributed by atoms with E-state index in [1.807, 2.05) is 12.1 Å². The van der Waals surface area contributed by atoms with E-state index in [1.165, 1.54) is 0 Å². The van der Waals surface area contributed by atoms with Crippen molar-refractivity contribution in [3.05, 3.63) is 0 Å². The first kappa shape index (κ1) is 9.92. The summed E-state index contributed by atoms with van der Waals surface area (Å²) in [6.07, 6.45) is 1.13. The van der Waals surface area contributed by atoms with Crippen LogP contribution in [-0.4, -0.2) is 24.3 Å². The molecule has 2 heteroatoms. The van der Waals surface area contributed by atoms with Gasteiger partial charge in [-0.3, -0.25) is 4.84 Å². The fourth-order valence-corrected chi connectivity index (χ4v) is 0.828. The minimum atomic E-state index is -0.0517. The van der Waals surface area contributed by atoms with Crippen LogP contribution in [0.1, 0.15) is 34.1 Å². The van der Waals surface area contributed by atoms with Crippen LogP contribution in [0.15, 0.2) is 0 Å². The highest BCUT2D eigenvalue weighted by molar-refractivity contribution is 4.56. The van der Waals surface area contributed by atoms with Gasteiger partial charge in [-0.2, -0.15) is 5.06 Å². The molecule has 0 N–H and O–H groups in total. The maximum atomic E-state index is 5.51. The fraction of sp³-hybridized carbons (Fsp3) is 1.00. The van der Waals surface area contributed by atoms with E-state index in [0.29, 0.717) is 0 Å². The highest BCUT2D eigenvalue weighted by Crippen LogP contribution is 2.08. The second kappa shape index (κ2) is 3.94. The molecular weight excluding hydrogens is 126 g/mol. The average Bonchev–Trinajstić information content (AvgIpc) is 1.59. The van der Waals surface area contributed by atoms with Crippen LogP contribution in [0.2, 0.25) is 0 Å². The van der Waals surface area contributed by atoms with Crippen molar-refractivity contribution in [2.45, 2.75) is 39.7 Å². The zero-order valence-corrected chi connectivity index (χ0v) is 7.77. The molecular formula is C8H19NO. The predicted octanol–water partition coefficient (Wildman–Crippen LogP) is 2.06. The van der Waals surface area contributed by atoms with E-state index in [4.69, 9.17) is 4.84 Å². The topological polar surface area (TPSA) is 12.5 Å². The minimum absolute atomic E-state index is 0.0517. The van der Waals surface area contributed by atoms with Crippen molar-refractivity contribution in [1.82, 2.24) is 5.06 Å². The van der Waals surface area contributed by atoms with Gasteiger partial charge in [-0.25, -0.2) is 0 Å². The lowest BCUT2D eigenvalue weighted by atomic mass is 10.2. The Labute approximate surface area is 64.1 Å². The molecule has 0 unspecified atom stereocenters. The molecule has 2 nitrogen and oxygen atoms in total. The normalized spacial score (nSPS) is 12.6. The average molecular weight is 145 g/mol. The lowest BCUT2D eigenvalue weighted by Crippen LogP contribution is -2.31. The van der Waals surface area contributed by atoms with Crippen molar-refractivity contribution in [2.75, 3.05) is 13.6 Å². The first-order chi connectivity index (χ1) is 4.45. The van der Waals surface area contributed by atoms with Crippen molar-refractivity contribution in [3.63, 3.8) is 0 Å². The van der Waals surface area contributed by atoms with E-state index < -0.39 is 0 Å². The van der Waals surface area contributed by atoms with Gasteiger partial charge in [0.2, 0.25) is 0 Å². The molecule has 0 radical (unpaired) electrons. The fourth-order valence-electron chi connectivity index (χ4n) is 0.828. The lowest BCUT2D eigenvalue weighted by Gasteiger charge is -2.26. The van der Waals surface area contributed by atoms with Gasteiger partial charge >= 0.3 is 0 Å². The molecule has 0 aliphatic heterocycles. The third-order valence-electron chi connectivity index (χ3n) is 0.968. The van der Waals surface area contributed by atoms with E-state index in [2.05, 4.69) is 27.7 Å². The maximum absolute atomic E-state index is 5.51. The standard InChI is InChI=1S/C8H19NO/c1-6-7-9(5)10-8(2,3)4/h6-7H2,1-5H3. The van der Waals surface area contributed by atoms with Gasteiger partial charge in [-0.1, -0.05) is 6.92 Å². The number of hydrogen-bond donors (Lipinski definition) is 0. The van der Waals surface area contributed by atoms with Crippen LogP contribution in [0.25, 0.3) is 0 Å². The summed E-state index contributed by atoms with van der Waals surface area (Å²) in [5.41, 5.74) is -0.0517. The van der Waals surface area contributed by atoms with E-state index >= 15 is 0 Å². The van der Waals surface area contributed by atoms with E-state index in [9.17, 15) is 0 Å². The molecule has 0 amide bonds. The van der Waals surface area contributed by atoms with Crippen LogP contribution in [0.4, 0.5) is 0 Å². The zero-order chi connectivity index (χ0) is 8.20. The van der Waals surface area contributed by atoms with Gasteiger partial charge in [0.1, 0.15) is 0 Å². The zero-order valence-electron chi connectivity index (χ0n) is 7.77. The molecule has 0 heterocycles. The van der Waals surface area contributed by atoms with Crippen molar-refractivity contribution < 1.29 is 4.84 Å². The second-order valence-electron chi connectivity index (χ2n) is 3.56. The SMILES string of the molecule is CCCN(C)OC(C)(C)C. The molecule has 0 saturated carbocycles. The number of rotatable bonds is 3. The summed E-state index contributed by atoms with van der Waals surface area (Å²) >= 11 is 0. The van der Waals surface area contributed by atoms with Gasteiger partial charge in [0.25, 0.3) is 0 Å². The third-order valence-corrected chi connectivity index (χ3v) is 0.968. The van der Waals surface area contributed by atoms with Gasteiger partial charge in [0.15, 0.2) is 0 Å². The van der Waals surface area contributed by atoms with Gasteiger partial charge in [-0.15, -0.1) is 0 Å². The Kier molecular flexibility index (Phi) is 3.91. The molecule has 0 aromatic heterocycles. The quantitative estimate of drug-likeness (QED) is 0.564. The Balaban J connectivity index is 3.47. The Morgan fingerprint density at radius 1 is 1.30 bits per heavy atom. The monoisotopic (exact) mass is 145 g/mol. The van der Waals surface area contributed by atoms with E-state index in [1.54, 1.807) is 0 Å². The van der Waals surface area contributed by atoms with Crippen LogP contribution in [-0.2, 0) is 4.84 Å². The van der Waals surface area contributed by atoms with Crippen molar-refractivity contribution in [3.8, 4) is 0 Å². The Morgan fingerprint density at radius 2 is 1.80 bits per heavy atom. The summed E-state index contributed by atoms with van der Waals surface area (Å²) in [6, 6.07) is 0. The molecule has 0 saturated heterocycles. The molecule has 10 heavy (non-hydrogen) atoms. The van der Waals surface area contributed by atoms with Crippen LogP contribution in [0, 0.1) is 0 Å².